The molecule has 2 aromatic rings. The van der Waals surface area contributed by atoms with Crippen LogP contribution < -0.4 is 20.1 Å². The first-order chi connectivity index (χ1) is 12.0. The van der Waals surface area contributed by atoms with E-state index in [0.29, 0.717) is 40.4 Å². The fourth-order valence-electron chi connectivity index (χ4n) is 2.10. The van der Waals surface area contributed by atoms with Crippen molar-refractivity contribution in [1.82, 2.24) is 15.3 Å². The van der Waals surface area contributed by atoms with Gasteiger partial charge in [-0.25, -0.2) is 9.97 Å². The van der Waals surface area contributed by atoms with Gasteiger partial charge in [-0.3, -0.25) is 4.79 Å². The van der Waals surface area contributed by atoms with Crippen LogP contribution in [-0.2, 0) is 0 Å². The Hall–Kier alpha value is -2.80. The van der Waals surface area contributed by atoms with Crippen molar-refractivity contribution in [3.63, 3.8) is 0 Å². The van der Waals surface area contributed by atoms with Gasteiger partial charge in [0.05, 0.1) is 24.9 Å². The fourth-order valence-corrected chi connectivity index (χ4v) is 2.33. The lowest BCUT2D eigenvalue weighted by Gasteiger charge is -2.14. The molecule has 1 heterocycles. The molecular weight excluding hydrogens is 344 g/mol. The highest BCUT2D eigenvalue weighted by Gasteiger charge is 2.13. The van der Waals surface area contributed by atoms with Crippen LogP contribution in [0.1, 0.15) is 16.3 Å². The van der Waals surface area contributed by atoms with Gasteiger partial charge in [0, 0.05) is 24.7 Å². The highest BCUT2D eigenvalue weighted by Crippen LogP contribution is 2.37. The van der Waals surface area contributed by atoms with E-state index in [4.69, 9.17) is 21.1 Å². The highest BCUT2D eigenvalue weighted by molar-refractivity contribution is 6.32. The second-order valence-corrected chi connectivity index (χ2v) is 5.40. The number of aromatic nitrogens is 2. The molecule has 1 amide bonds. The van der Waals surface area contributed by atoms with Crippen LogP contribution in [0.3, 0.4) is 0 Å². The number of carbonyl (C=O) groups is 1. The largest absolute Gasteiger partial charge is 0.495 e. The number of rotatable bonds is 7. The van der Waals surface area contributed by atoms with Gasteiger partial charge in [-0.15, -0.1) is 6.58 Å². The number of hydrogen-bond donors (Lipinski definition) is 2. The third-order valence-electron chi connectivity index (χ3n) is 3.21. The van der Waals surface area contributed by atoms with E-state index in [1.54, 1.807) is 31.2 Å². The number of aryl methyl sites for hydroxylation is 1. The monoisotopic (exact) mass is 362 g/mol. The third kappa shape index (κ3) is 4.60. The molecule has 0 bridgehead atoms. The number of amides is 1. The second kappa shape index (κ2) is 8.34. The molecule has 1 aromatic heterocycles. The van der Waals surface area contributed by atoms with E-state index >= 15 is 0 Å². The normalized spacial score (nSPS) is 10.1. The summed E-state index contributed by atoms with van der Waals surface area (Å²) in [5.41, 5.74) is 0.844. The Morgan fingerprint density at radius 2 is 1.96 bits per heavy atom. The molecule has 8 heteroatoms. The standard InChI is InChI=1S/C17H19ClN4O3/c1-5-6-19-17(23)13-9-16(21-10(2)20-13)22-12-8-14(24-3)11(18)7-15(12)25-4/h5,7-9H,1,6H2,2-4H3,(H,19,23)(H,20,21,22). The van der Waals surface area contributed by atoms with Crippen LogP contribution >= 0.6 is 11.6 Å². The summed E-state index contributed by atoms with van der Waals surface area (Å²) in [6.45, 7) is 5.62. The molecule has 2 rings (SSSR count). The summed E-state index contributed by atoms with van der Waals surface area (Å²) in [6.07, 6.45) is 1.59. The number of halogens is 1. The Bertz CT molecular complexity index is 796. The predicted octanol–water partition coefficient (Wildman–Crippen LogP) is 3.12. The molecule has 132 valence electrons. The van der Waals surface area contributed by atoms with Gasteiger partial charge in [0.2, 0.25) is 0 Å². The Balaban J connectivity index is 2.35. The summed E-state index contributed by atoms with van der Waals surface area (Å²) >= 11 is 6.10. The average molecular weight is 363 g/mol. The molecule has 0 aliphatic rings. The summed E-state index contributed by atoms with van der Waals surface area (Å²) < 4.78 is 10.5. The molecule has 0 aliphatic heterocycles. The second-order valence-electron chi connectivity index (χ2n) is 5.00. The van der Waals surface area contributed by atoms with Crippen LogP contribution in [0.25, 0.3) is 0 Å². The molecule has 7 nitrogen and oxygen atoms in total. The van der Waals surface area contributed by atoms with Crippen molar-refractivity contribution in [1.29, 1.82) is 0 Å². The Kier molecular flexibility index (Phi) is 6.19. The van der Waals surface area contributed by atoms with E-state index in [0.717, 1.165) is 0 Å². The van der Waals surface area contributed by atoms with E-state index in [1.807, 2.05) is 0 Å². The Morgan fingerprint density at radius 1 is 1.24 bits per heavy atom. The molecule has 0 atom stereocenters. The lowest BCUT2D eigenvalue weighted by molar-refractivity contribution is 0.0952. The van der Waals surface area contributed by atoms with Gasteiger partial charge >= 0.3 is 0 Å². The Labute approximate surface area is 151 Å². The number of nitrogens with one attached hydrogen (secondary N) is 2. The molecule has 1 aromatic carbocycles. The van der Waals surface area contributed by atoms with Crippen molar-refractivity contribution < 1.29 is 14.3 Å². The minimum absolute atomic E-state index is 0.247. The third-order valence-corrected chi connectivity index (χ3v) is 3.51. The summed E-state index contributed by atoms with van der Waals surface area (Å²) in [6, 6.07) is 4.87. The predicted molar refractivity (Wildman–Crippen MR) is 97.1 cm³/mol. The molecule has 0 aliphatic carbocycles. The van der Waals surface area contributed by atoms with E-state index in [1.165, 1.54) is 14.2 Å². The first-order valence-electron chi connectivity index (χ1n) is 7.41. The van der Waals surface area contributed by atoms with Crippen molar-refractivity contribution in [2.45, 2.75) is 6.92 Å². The first-order valence-corrected chi connectivity index (χ1v) is 7.79. The van der Waals surface area contributed by atoms with Crippen LogP contribution in [0.5, 0.6) is 11.5 Å². The maximum atomic E-state index is 12.1. The van der Waals surface area contributed by atoms with Crippen molar-refractivity contribution in [2.24, 2.45) is 0 Å². The molecule has 0 fully saturated rings. The van der Waals surface area contributed by atoms with E-state index in [2.05, 4.69) is 27.2 Å². The minimum atomic E-state index is -0.311. The molecule has 0 spiro atoms. The number of nitrogens with zero attached hydrogens (tertiary/aromatic N) is 2. The molecule has 25 heavy (non-hydrogen) atoms. The fraction of sp³-hybridized carbons (Fsp3) is 0.235. The topological polar surface area (TPSA) is 85.4 Å². The average Bonchev–Trinajstić information content (AvgIpc) is 2.60. The zero-order valence-corrected chi connectivity index (χ0v) is 15.0. The summed E-state index contributed by atoms with van der Waals surface area (Å²) in [5.74, 6) is 1.58. The molecule has 0 saturated heterocycles. The SMILES string of the molecule is C=CCNC(=O)c1cc(Nc2cc(OC)c(Cl)cc2OC)nc(C)n1. The first kappa shape index (κ1) is 18.5. The molecule has 0 saturated carbocycles. The summed E-state index contributed by atoms with van der Waals surface area (Å²) in [5, 5.41) is 6.20. The van der Waals surface area contributed by atoms with Crippen LogP contribution in [-0.4, -0.2) is 36.6 Å². The van der Waals surface area contributed by atoms with Crippen LogP contribution in [0.2, 0.25) is 5.02 Å². The van der Waals surface area contributed by atoms with Crippen molar-refractivity contribution in [2.75, 3.05) is 26.1 Å². The van der Waals surface area contributed by atoms with Gasteiger partial charge in [-0.05, 0) is 6.92 Å². The van der Waals surface area contributed by atoms with E-state index < -0.39 is 0 Å². The highest BCUT2D eigenvalue weighted by atomic mass is 35.5. The Morgan fingerprint density at radius 3 is 2.60 bits per heavy atom. The maximum Gasteiger partial charge on any atom is 0.270 e. The molecule has 2 N–H and O–H groups in total. The van der Waals surface area contributed by atoms with E-state index in [-0.39, 0.29) is 11.6 Å². The van der Waals surface area contributed by atoms with Crippen LogP contribution in [0.15, 0.2) is 30.9 Å². The van der Waals surface area contributed by atoms with Gasteiger partial charge in [0.25, 0.3) is 5.91 Å². The van der Waals surface area contributed by atoms with Gasteiger partial charge in [-0.1, -0.05) is 17.7 Å². The number of carbonyl (C=O) groups excluding carboxylic acids is 1. The number of ether oxygens (including phenoxy) is 2. The van der Waals surface area contributed by atoms with Crippen LogP contribution in [0.4, 0.5) is 11.5 Å². The number of hydrogen-bond acceptors (Lipinski definition) is 6. The number of methoxy groups -OCH3 is 2. The zero-order chi connectivity index (χ0) is 18.4. The van der Waals surface area contributed by atoms with Crippen molar-refractivity contribution in [3.05, 3.63) is 47.4 Å². The van der Waals surface area contributed by atoms with Gasteiger partial charge in [-0.2, -0.15) is 0 Å². The smallest absolute Gasteiger partial charge is 0.270 e. The minimum Gasteiger partial charge on any atom is -0.495 e. The number of anilines is 2. The zero-order valence-electron chi connectivity index (χ0n) is 14.2. The molecule has 0 unspecified atom stereocenters. The maximum absolute atomic E-state index is 12.1. The molecular formula is C17H19ClN4O3. The number of benzene rings is 1. The van der Waals surface area contributed by atoms with Crippen molar-refractivity contribution >= 4 is 29.0 Å². The molecule has 0 radical (unpaired) electrons. The lowest BCUT2D eigenvalue weighted by Crippen LogP contribution is -2.24. The van der Waals surface area contributed by atoms with Crippen LogP contribution in [0, 0.1) is 6.92 Å². The quantitative estimate of drug-likeness (QED) is 0.736. The van der Waals surface area contributed by atoms with Gasteiger partial charge in [0.1, 0.15) is 28.8 Å². The van der Waals surface area contributed by atoms with Gasteiger partial charge in [0.15, 0.2) is 0 Å². The van der Waals surface area contributed by atoms with Crippen molar-refractivity contribution in [3.8, 4) is 11.5 Å². The van der Waals surface area contributed by atoms with Gasteiger partial charge < -0.3 is 20.1 Å². The lowest BCUT2D eigenvalue weighted by atomic mass is 10.2. The van der Waals surface area contributed by atoms with E-state index in [9.17, 15) is 4.79 Å². The summed E-state index contributed by atoms with van der Waals surface area (Å²) in [7, 11) is 3.05. The summed E-state index contributed by atoms with van der Waals surface area (Å²) in [4.78, 5) is 20.5.